The molecule has 3 nitrogen and oxygen atoms in total. The zero-order valence-electron chi connectivity index (χ0n) is 7.54. The lowest BCUT2D eigenvalue weighted by Gasteiger charge is -2.07. The van der Waals surface area contributed by atoms with E-state index in [1.54, 1.807) is 0 Å². The molecule has 0 spiro atoms. The highest BCUT2D eigenvalue weighted by atomic mass is 16.5. The maximum atomic E-state index is 10.6. The summed E-state index contributed by atoms with van der Waals surface area (Å²) in [6, 6.07) is 0. The summed E-state index contributed by atoms with van der Waals surface area (Å²) in [5.74, 6) is -0.441. The van der Waals surface area contributed by atoms with Gasteiger partial charge >= 0.3 is 0 Å². The van der Waals surface area contributed by atoms with Gasteiger partial charge in [0.2, 0.25) is 5.91 Å². The lowest BCUT2D eigenvalue weighted by molar-refractivity contribution is -0.127. The zero-order valence-corrected chi connectivity index (χ0v) is 7.54. The molecule has 0 saturated heterocycles. The minimum absolute atomic E-state index is 0.441. The molecular formula is C9H15NO2. The van der Waals surface area contributed by atoms with Crippen molar-refractivity contribution in [2.24, 2.45) is 5.73 Å². The van der Waals surface area contributed by atoms with Crippen molar-refractivity contribution in [3.05, 3.63) is 24.3 Å². The molecule has 12 heavy (non-hydrogen) atoms. The van der Waals surface area contributed by atoms with Gasteiger partial charge in [-0.1, -0.05) is 24.3 Å². The first kappa shape index (κ1) is 10.9. The van der Waals surface area contributed by atoms with Gasteiger partial charge in [-0.15, -0.1) is 0 Å². The number of carbonyl (C=O) groups is 1. The molecule has 0 aliphatic heterocycles. The summed E-state index contributed by atoms with van der Waals surface area (Å²) in [4.78, 5) is 10.6. The highest BCUT2D eigenvalue weighted by Gasteiger charge is 2.10. The van der Waals surface area contributed by atoms with E-state index in [2.05, 4.69) is 6.58 Å². The number of primary amides is 1. The number of nitrogens with two attached hydrogens (primary N) is 1. The molecule has 1 atom stereocenters. The van der Waals surface area contributed by atoms with Crippen LogP contribution in [0.3, 0.4) is 0 Å². The summed E-state index contributed by atoms with van der Waals surface area (Å²) in [5, 5.41) is 0. The standard InChI is InChI=1S/C9H15NO2/c1-7(2)5-4-6-8(12-3)9(10)11/h4-5,8H,1,6H2,2-3H3,(H2,10,11)/b5-4-. The Labute approximate surface area is 72.9 Å². The van der Waals surface area contributed by atoms with Gasteiger partial charge in [-0.05, 0) is 6.92 Å². The minimum Gasteiger partial charge on any atom is -0.371 e. The third kappa shape index (κ3) is 4.68. The molecule has 0 heterocycles. The van der Waals surface area contributed by atoms with Crippen LogP contribution in [0.2, 0.25) is 0 Å². The third-order valence-electron chi connectivity index (χ3n) is 1.35. The van der Waals surface area contributed by atoms with Crippen molar-refractivity contribution >= 4 is 5.91 Å². The fourth-order valence-corrected chi connectivity index (χ4v) is 0.721. The molecular weight excluding hydrogens is 154 g/mol. The second-order valence-corrected chi connectivity index (χ2v) is 2.61. The van der Waals surface area contributed by atoms with Crippen molar-refractivity contribution in [3.8, 4) is 0 Å². The Morgan fingerprint density at radius 3 is 2.67 bits per heavy atom. The van der Waals surface area contributed by atoms with Gasteiger partial charge in [-0.2, -0.15) is 0 Å². The van der Waals surface area contributed by atoms with Crippen molar-refractivity contribution in [2.45, 2.75) is 19.4 Å². The molecule has 0 aromatic heterocycles. The second kappa shape index (κ2) is 5.55. The van der Waals surface area contributed by atoms with Crippen LogP contribution in [0.25, 0.3) is 0 Å². The normalized spacial score (nSPS) is 13.2. The summed E-state index contributed by atoms with van der Waals surface area (Å²) in [7, 11) is 1.46. The molecule has 68 valence electrons. The quantitative estimate of drug-likeness (QED) is 0.624. The van der Waals surface area contributed by atoms with Crippen LogP contribution in [0.4, 0.5) is 0 Å². The van der Waals surface area contributed by atoms with Crippen LogP contribution in [0.15, 0.2) is 24.3 Å². The van der Waals surface area contributed by atoms with E-state index in [9.17, 15) is 4.79 Å². The Morgan fingerprint density at radius 2 is 2.33 bits per heavy atom. The number of ether oxygens (including phenoxy) is 1. The van der Waals surface area contributed by atoms with Gasteiger partial charge in [0.1, 0.15) is 6.10 Å². The Balaban J connectivity index is 3.88. The summed E-state index contributed by atoms with van der Waals surface area (Å²) >= 11 is 0. The SMILES string of the molecule is C=C(C)/C=C\CC(OC)C(N)=O. The van der Waals surface area contributed by atoms with E-state index in [1.165, 1.54) is 7.11 Å². The molecule has 1 amide bonds. The number of rotatable bonds is 5. The van der Waals surface area contributed by atoms with E-state index in [1.807, 2.05) is 19.1 Å². The molecule has 1 unspecified atom stereocenters. The van der Waals surface area contributed by atoms with Crippen LogP contribution in [-0.4, -0.2) is 19.1 Å². The van der Waals surface area contributed by atoms with Crippen LogP contribution < -0.4 is 5.73 Å². The van der Waals surface area contributed by atoms with Gasteiger partial charge in [-0.3, -0.25) is 4.79 Å². The highest BCUT2D eigenvalue weighted by Crippen LogP contribution is 1.99. The molecule has 0 bridgehead atoms. The van der Waals surface area contributed by atoms with Crippen LogP contribution >= 0.6 is 0 Å². The monoisotopic (exact) mass is 169 g/mol. The van der Waals surface area contributed by atoms with Crippen molar-refractivity contribution in [3.63, 3.8) is 0 Å². The number of carbonyl (C=O) groups excluding carboxylic acids is 1. The first-order valence-electron chi connectivity index (χ1n) is 3.72. The molecule has 0 aromatic rings. The van der Waals surface area contributed by atoms with Crippen LogP contribution in [0, 0.1) is 0 Å². The molecule has 0 aliphatic carbocycles. The van der Waals surface area contributed by atoms with E-state index in [4.69, 9.17) is 10.5 Å². The number of amides is 1. The molecule has 0 rings (SSSR count). The van der Waals surface area contributed by atoms with Gasteiger partial charge in [0.05, 0.1) is 0 Å². The molecule has 0 saturated carbocycles. The third-order valence-corrected chi connectivity index (χ3v) is 1.35. The Bertz CT molecular complexity index is 197. The summed E-state index contributed by atoms with van der Waals surface area (Å²) in [6.07, 6.45) is 3.62. The highest BCUT2D eigenvalue weighted by molar-refractivity contribution is 5.78. The Hall–Kier alpha value is -1.09. The lowest BCUT2D eigenvalue weighted by Crippen LogP contribution is -2.29. The van der Waals surface area contributed by atoms with E-state index in [0.717, 1.165) is 5.57 Å². The molecule has 0 radical (unpaired) electrons. The van der Waals surface area contributed by atoms with Gasteiger partial charge < -0.3 is 10.5 Å². The molecule has 0 fully saturated rings. The van der Waals surface area contributed by atoms with Crippen LogP contribution in [-0.2, 0) is 9.53 Å². The minimum atomic E-state index is -0.527. The van der Waals surface area contributed by atoms with Crippen LogP contribution in [0.5, 0.6) is 0 Å². The number of hydrogen-bond acceptors (Lipinski definition) is 2. The maximum Gasteiger partial charge on any atom is 0.246 e. The Morgan fingerprint density at radius 1 is 1.75 bits per heavy atom. The average molecular weight is 169 g/mol. The first-order valence-corrected chi connectivity index (χ1v) is 3.72. The van der Waals surface area contributed by atoms with Gasteiger partial charge in [0.15, 0.2) is 0 Å². The number of methoxy groups -OCH3 is 1. The first-order chi connectivity index (χ1) is 5.57. The van der Waals surface area contributed by atoms with Gasteiger partial charge in [0, 0.05) is 13.5 Å². The lowest BCUT2D eigenvalue weighted by atomic mass is 10.2. The Kier molecular flexibility index (Phi) is 5.04. The fraction of sp³-hybridized carbons (Fsp3) is 0.444. The predicted octanol–water partition coefficient (Wildman–Crippen LogP) is 1.01. The molecule has 0 aliphatic rings. The topological polar surface area (TPSA) is 52.3 Å². The summed E-state index contributed by atoms with van der Waals surface area (Å²) < 4.78 is 4.84. The molecule has 0 aromatic carbocycles. The predicted molar refractivity (Wildman–Crippen MR) is 48.6 cm³/mol. The number of allylic oxidation sites excluding steroid dienone is 2. The van der Waals surface area contributed by atoms with E-state index < -0.39 is 12.0 Å². The van der Waals surface area contributed by atoms with Gasteiger partial charge in [-0.25, -0.2) is 0 Å². The fourth-order valence-electron chi connectivity index (χ4n) is 0.721. The smallest absolute Gasteiger partial charge is 0.246 e. The van der Waals surface area contributed by atoms with E-state index in [0.29, 0.717) is 6.42 Å². The van der Waals surface area contributed by atoms with Gasteiger partial charge in [0.25, 0.3) is 0 Å². The number of hydrogen-bond donors (Lipinski definition) is 1. The van der Waals surface area contributed by atoms with E-state index in [-0.39, 0.29) is 0 Å². The zero-order chi connectivity index (χ0) is 9.56. The largest absolute Gasteiger partial charge is 0.371 e. The maximum absolute atomic E-state index is 10.6. The molecule has 2 N–H and O–H groups in total. The van der Waals surface area contributed by atoms with Crippen molar-refractivity contribution in [1.29, 1.82) is 0 Å². The second-order valence-electron chi connectivity index (χ2n) is 2.61. The summed E-state index contributed by atoms with van der Waals surface area (Å²) in [6.45, 7) is 5.56. The van der Waals surface area contributed by atoms with Crippen molar-refractivity contribution in [1.82, 2.24) is 0 Å². The summed E-state index contributed by atoms with van der Waals surface area (Å²) in [5.41, 5.74) is 5.98. The van der Waals surface area contributed by atoms with Crippen LogP contribution in [0.1, 0.15) is 13.3 Å². The van der Waals surface area contributed by atoms with Crippen molar-refractivity contribution in [2.75, 3.05) is 7.11 Å². The molecule has 3 heteroatoms. The average Bonchev–Trinajstić information content (AvgIpc) is 1.96. The van der Waals surface area contributed by atoms with Crippen molar-refractivity contribution < 1.29 is 9.53 Å². The van der Waals surface area contributed by atoms with E-state index >= 15 is 0 Å².